The van der Waals surface area contributed by atoms with E-state index in [2.05, 4.69) is 50.4 Å². The van der Waals surface area contributed by atoms with E-state index in [9.17, 15) is 4.79 Å². The molecule has 0 spiro atoms. The van der Waals surface area contributed by atoms with Gasteiger partial charge in [-0.1, -0.05) is 56.6 Å². The van der Waals surface area contributed by atoms with Crippen molar-refractivity contribution in [3.63, 3.8) is 0 Å². The number of carbonyl (C=O) groups excluding carboxylic acids is 1. The van der Waals surface area contributed by atoms with E-state index in [1.54, 1.807) is 25.3 Å². The molecule has 2 rings (SSSR count). The van der Waals surface area contributed by atoms with Gasteiger partial charge in [0.2, 0.25) is 0 Å². The van der Waals surface area contributed by atoms with Gasteiger partial charge >= 0.3 is 0 Å². The fourth-order valence-electron chi connectivity index (χ4n) is 2.44. The molecule has 0 saturated heterocycles. The summed E-state index contributed by atoms with van der Waals surface area (Å²) in [5.74, 6) is 0.394. The quantitative estimate of drug-likeness (QED) is 0.833. The number of ether oxygens (including phenoxy) is 1. The summed E-state index contributed by atoms with van der Waals surface area (Å²) in [7, 11) is 1.55. The molecule has 1 unspecified atom stereocenters. The van der Waals surface area contributed by atoms with Crippen LogP contribution >= 0.6 is 11.6 Å². The average molecular weight is 346 g/mol. The lowest BCUT2D eigenvalue weighted by atomic mass is 9.86. The van der Waals surface area contributed by atoms with Gasteiger partial charge < -0.3 is 10.1 Å². The smallest absolute Gasteiger partial charge is 0.251 e. The van der Waals surface area contributed by atoms with Crippen LogP contribution in [0.15, 0.2) is 42.5 Å². The SMILES string of the molecule is COc1ccc(C(=O)NC(C)c2ccc(C(C)(C)C)cc2)cc1Cl. The molecule has 0 aliphatic rings. The first-order chi connectivity index (χ1) is 11.2. The number of nitrogens with one attached hydrogen (secondary N) is 1. The number of halogens is 1. The maximum Gasteiger partial charge on any atom is 0.251 e. The summed E-state index contributed by atoms with van der Waals surface area (Å²) in [6, 6.07) is 13.3. The molecule has 0 bridgehead atoms. The molecule has 24 heavy (non-hydrogen) atoms. The first kappa shape index (κ1) is 18.3. The Labute approximate surface area is 149 Å². The molecule has 2 aromatic rings. The largest absolute Gasteiger partial charge is 0.495 e. The van der Waals surface area contributed by atoms with E-state index in [1.165, 1.54) is 5.56 Å². The van der Waals surface area contributed by atoms with Crippen molar-refractivity contribution < 1.29 is 9.53 Å². The van der Waals surface area contributed by atoms with Gasteiger partial charge in [0.25, 0.3) is 5.91 Å². The van der Waals surface area contributed by atoms with Gasteiger partial charge in [0, 0.05) is 5.56 Å². The topological polar surface area (TPSA) is 38.3 Å². The summed E-state index contributed by atoms with van der Waals surface area (Å²) in [5.41, 5.74) is 2.96. The van der Waals surface area contributed by atoms with Gasteiger partial charge in [-0.15, -0.1) is 0 Å². The van der Waals surface area contributed by atoms with Crippen LogP contribution in [0.3, 0.4) is 0 Å². The number of methoxy groups -OCH3 is 1. The Morgan fingerprint density at radius 1 is 1.12 bits per heavy atom. The molecule has 0 aliphatic heterocycles. The zero-order valence-electron chi connectivity index (χ0n) is 14.8. The van der Waals surface area contributed by atoms with Crippen LogP contribution in [-0.4, -0.2) is 13.0 Å². The molecule has 3 nitrogen and oxygen atoms in total. The Balaban J connectivity index is 2.10. The molecule has 1 N–H and O–H groups in total. The zero-order chi connectivity index (χ0) is 17.9. The Morgan fingerprint density at radius 2 is 1.75 bits per heavy atom. The third-order valence-electron chi connectivity index (χ3n) is 4.04. The molecule has 0 heterocycles. The van der Waals surface area contributed by atoms with E-state index < -0.39 is 0 Å². The normalized spacial score (nSPS) is 12.6. The standard InChI is InChI=1S/C20H24ClNO2/c1-13(14-6-9-16(10-7-14)20(2,3)4)22-19(23)15-8-11-18(24-5)17(21)12-15/h6-13H,1-5H3,(H,22,23). The number of rotatable bonds is 4. The Bertz CT molecular complexity index is 717. The highest BCUT2D eigenvalue weighted by Gasteiger charge is 2.16. The minimum Gasteiger partial charge on any atom is -0.495 e. The summed E-state index contributed by atoms with van der Waals surface area (Å²) in [4.78, 5) is 12.4. The zero-order valence-corrected chi connectivity index (χ0v) is 15.6. The second-order valence-corrected chi connectivity index (χ2v) is 7.32. The fourth-order valence-corrected chi connectivity index (χ4v) is 2.70. The number of amides is 1. The molecular weight excluding hydrogens is 322 g/mol. The third-order valence-corrected chi connectivity index (χ3v) is 4.33. The first-order valence-electron chi connectivity index (χ1n) is 7.97. The maximum atomic E-state index is 12.4. The van der Waals surface area contributed by atoms with E-state index >= 15 is 0 Å². The number of hydrogen-bond donors (Lipinski definition) is 1. The summed E-state index contributed by atoms with van der Waals surface area (Å²) in [6.07, 6.45) is 0. The fraction of sp³-hybridized carbons (Fsp3) is 0.350. The van der Waals surface area contributed by atoms with E-state index in [0.717, 1.165) is 5.56 Å². The van der Waals surface area contributed by atoms with Crippen LogP contribution in [0.1, 0.15) is 55.2 Å². The monoisotopic (exact) mass is 345 g/mol. The Kier molecular flexibility index (Phi) is 5.55. The van der Waals surface area contributed by atoms with Gasteiger partial charge in [0.15, 0.2) is 0 Å². The van der Waals surface area contributed by atoms with Crippen LogP contribution in [0, 0.1) is 0 Å². The molecule has 0 aliphatic carbocycles. The predicted molar refractivity (Wildman–Crippen MR) is 99.0 cm³/mol. The van der Waals surface area contributed by atoms with Gasteiger partial charge in [-0.05, 0) is 41.7 Å². The first-order valence-corrected chi connectivity index (χ1v) is 8.35. The lowest BCUT2D eigenvalue weighted by molar-refractivity contribution is 0.0940. The summed E-state index contributed by atoms with van der Waals surface area (Å²) in [5, 5.41) is 3.42. The minimum atomic E-state index is -0.160. The maximum absolute atomic E-state index is 12.4. The highest BCUT2D eigenvalue weighted by atomic mass is 35.5. The van der Waals surface area contributed by atoms with Crippen LogP contribution < -0.4 is 10.1 Å². The van der Waals surface area contributed by atoms with E-state index in [1.807, 2.05) is 6.92 Å². The van der Waals surface area contributed by atoms with Crippen molar-refractivity contribution in [1.82, 2.24) is 5.32 Å². The molecule has 0 saturated carbocycles. The summed E-state index contributed by atoms with van der Waals surface area (Å²) < 4.78 is 5.11. The van der Waals surface area contributed by atoms with E-state index in [-0.39, 0.29) is 17.4 Å². The second kappa shape index (κ2) is 7.27. The van der Waals surface area contributed by atoms with E-state index in [4.69, 9.17) is 16.3 Å². The molecule has 1 atom stereocenters. The molecule has 0 fully saturated rings. The molecule has 0 radical (unpaired) electrons. The van der Waals surface area contributed by atoms with Crippen LogP contribution in [0.25, 0.3) is 0 Å². The third kappa shape index (κ3) is 4.30. The van der Waals surface area contributed by atoms with Crippen molar-refractivity contribution in [2.75, 3.05) is 7.11 Å². The van der Waals surface area contributed by atoms with Crippen LogP contribution in [-0.2, 0) is 5.41 Å². The molecule has 128 valence electrons. The van der Waals surface area contributed by atoms with E-state index in [0.29, 0.717) is 16.3 Å². The second-order valence-electron chi connectivity index (χ2n) is 6.92. The lowest BCUT2D eigenvalue weighted by Gasteiger charge is -2.21. The molecule has 2 aromatic carbocycles. The number of carbonyl (C=O) groups is 1. The Morgan fingerprint density at radius 3 is 2.25 bits per heavy atom. The number of benzene rings is 2. The molecule has 1 amide bonds. The van der Waals surface area contributed by atoms with Crippen LogP contribution in [0.5, 0.6) is 5.75 Å². The minimum absolute atomic E-state index is 0.0904. The highest BCUT2D eigenvalue weighted by molar-refractivity contribution is 6.32. The van der Waals surface area contributed by atoms with Gasteiger partial charge in [0.05, 0.1) is 18.2 Å². The van der Waals surface area contributed by atoms with Gasteiger partial charge in [-0.25, -0.2) is 0 Å². The lowest BCUT2D eigenvalue weighted by Crippen LogP contribution is -2.26. The van der Waals surface area contributed by atoms with Crippen LogP contribution in [0.4, 0.5) is 0 Å². The average Bonchev–Trinajstić information content (AvgIpc) is 2.54. The van der Waals surface area contributed by atoms with Crippen molar-refractivity contribution in [1.29, 1.82) is 0 Å². The van der Waals surface area contributed by atoms with Gasteiger partial charge in [-0.2, -0.15) is 0 Å². The summed E-state index contributed by atoms with van der Waals surface area (Å²) in [6.45, 7) is 8.51. The summed E-state index contributed by atoms with van der Waals surface area (Å²) >= 11 is 6.08. The van der Waals surface area contributed by atoms with Crippen molar-refractivity contribution in [2.45, 2.75) is 39.2 Å². The van der Waals surface area contributed by atoms with Crippen LogP contribution in [0.2, 0.25) is 5.02 Å². The van der Waals surface area contributed by atoms with Crippen molar-refractivity contribution in [3.05, 3.63) is 64.2 Å². The van der Waals surface area contributed by atoms with Crippen molar-refractivity contribution >= 4 is 17.5 Å². The Hall–Kier alpha value is -2.00. The van der Waals surface area contributed by atoms with Gasteiger partial charge in [-0.3, -0.25) is 4.79 Å². The van der Waals surface area contributed by atoms with Crippen molar-refractivity contribution in [3.8, 4) is 5.75 Å². The predicted octanol–water partition coefficient (Wildman–Crippen LogP) is 5.14. The van der Waals surface area contributed by atoms with Crippen molar-refractivity contribution in [2.24, 2.45) is 0 Å². The highest BCUT2D eigenvalue weighted by Crippen LogP contribution is 2.26. The number of hydrogen-bond acceptors (Lipinski definition) is 2. The van der Waals surface area contributed by atoms with Gasteiger partial charge in [0.1, 0.15) is 5.75 Å². The molecule has 0 aromatic heterocycles. The molecule has 4 heteroatoms. The molecular formula is C20H24ClNO2.